The number of aromatic amines is 1. The van der Waals surface area contributed by atoms with Gasteiger partial charge in [0.15, 0.2) is 15.7 Å². The minimum absolute atomic E-state index is 0.0177. The summed E-state index contributed by atoms with van der Waals surface area (Å²) in [6, 6.07) is 14.1. The van der Waals surface area contributed by atoms with Gasteiger partial charge in [0.25, 0.3) is 5.91 Å². The zero-order chi connectivity index (χ0) is 51.5. The smallest absolute Gasteiger partial charge is 0.410 e. The second kappa shape index (κ2) is 21.6. The monoisotopic (exact) mass is 1010 g/mol. The van der Waals surface area contributed by atoms with Crippen LogP contribution in [0.1, 0.15) is 89.0 Å². The third-order valence-electron chi connectivity index (χ3n) is 14.0. The maximum Gasteiger partial charge on any atom is 0.410 e. The number of carbonyl (C=O) groups is 2. The normalized spacial score (nSPS) is 20.0. The first-order valence-corrected chi connectivity index (χ1v) is 26.7. The van der Waals surface area contributed by atoms with Crippen LogP contribution in [0.15, 0.2) is 66.1 Å². The molecule has 6 heterocycles. The van der Waals surface area contributed by atoms with Crippen LogP contribution in [0.5, 0.6) is 5.75 Å². The van der Waals surface area contributed by atoms with Gasteiger partial charge in [0.05, 0.1) is 22.4 Å². The number of ether oxygens (including phenoxy) is 2. The van der Waals surface area contributed by atoms with E-state index in [9.17, 15) is 18.0 Å². The standard InChI is InChI=1S/C52H73N13O6S/c1-35-29-63(23-22-62(35)32-41-33-65(50(67)71-51(5,6)7)36(2)30-64(41)31-39-15-12-11-13-16-39)49-53-27-40(28-54-49)48(66)61-20-18-60(19-21-61)17-14-24-70-44-26-43-42(25-45(44)72(68,69)52(8,9)10)47(56-34-55-43)57-46-37(3)38(4)58-59-46/h11-13,15-16,25-28,34-36,41H,14,17-24,29-33H2,1-10H3,(H2,55,56,57,58,59)/t35-,36?,41?/m1/s1. The molecule has 2 amide bonds. The number of hydrogen-bond donors (Lipinski definition) is 2. The number of carbonyl (C=O) groups excluding carboxylic acids is 2. The molecule has 72 heavy (non-hydrogen) atoms. The molecule has 19 nitrogen and oxygen atoms in total. The molecule has 5 aromatic rings. The molecule has 2 unspecified atom stereocenters. The van der Waals surface area contributed by atoms with Gasteiger partial charge >= 0.3 is 6.09 Å². The molecule has 0 spiro atoms. The van der Waals surface area contributed by atoms with Crippen molar-refractivity contribution in [3.63, 3.8) is 0 Å². The summed E-state index contributed by atoms with van der Waals surface area (Å²) in [5, 5.41) is 11.1. The van der Waals surface area contributed by atoms with E-state index in [1.54, 1.807) is 45.3 Å². The van der Waals surface area contributed by atoms with Crippen molar-refractivity contribution in [1.82, 2.24) is 54.6 Å². The molecule has 0 aliphatic carbocycles. The zero-order valence-electron chi connectivity index (χ0n) is 43.7. The molecule has 8 rings (SSSR count). The Hall–Kier alpha value is -5.96. The van der Waals surface area contributed by atoms with Crippen molar-refractivity contribution in [2.24, 2.45) is 0 Å². The van der Waals surface area contributed by atoms with Crippen LogP contribution in [0.25, 0.3) is 10.9 Å². The lowest BCUT2D eigenvalue weighted by Crippen LogP contribution is -2.63. The summed E-state index contributed by atoms with van der Waals surface area (Å²) in [6.45, 7) is 27.7. The molecular formula is C52H73N13O6S. The molecule has 0 saturated carbocycles. The lowest BCUT2D eigenvalue weighted by molar-refractivity contribution is -0.0227. The number of rotatable bonds is 14. The summed E-state index contributed by atoms with van der Waals surface area (Å²) in [7, 11) is -3.83. The molecule has 3 atom stereocenters. The van der Waals surface area contributed by atoms with Crippen molar-refractivity contribution >= 4 is 50.3 Å². The molecule has 388 valence electrons. The van der Waals surface area contributed by atoms with E-state index in [2.05, 4.69) is 83.2 Å². The van der Waals surface area contributed by atoms with Crippen molar-refractivity contribution in [2.45, 2.75) is 116 Å². The number of aromatic nitrogens is 6. The fraction of sp³-hybridized carbons (Fsp3) is 0.558. The van der Waals surface area contributed by atoms with Crippen molar-refractivity contribution in [3.8, 4) is 5.75 Å². The number of piperazine rings is 3. The molecule has 3 saturated heterocycles. The van der Waals surface area contributed by atoms with E-state index < -0.39 is 20.2 Å². The number of H-pyrrole nitrogens is 1. The van der Waals surface area contributed by atoms with Gasteiger partial charge in [-0.05, 0) is 87.3 Å². The quantitative estimate of drug-likeness (QED) is 0.117. The summed E-state index contributed by atoms with van der Waals surface area (Å²) in [5.41, 5.74) is 3.53. The molecule has 3 aliphatic rings. The van der Waals surface area contributed by atoms with Crippen LogP contribution in [-0.2, 0) is 21.1 Å². The Morgan fingerprint density at radius 3 is 2.21 bits per heavy atom. The number of benzene rings is 2. The molecule has 3 aliphatic heterocycles. The Morgan fingerprint density at radius 2 is 1.56 bits per heavy atom. The average Bonchev–Trinajstić information content (AvgIpc) is 3.65. The van der Waals surface area contributed by atoms with Gasteiger partial charge < -0.3 is 29.5 Å². The van der Waals surface area contributed by atoms with E-state index in [1.165, 1.54) is 11.9 Å². The lowest BCUT2D eigenvalue weighted by Gasteiger charge is -2.48. The van der Waals surface area contributed by atoms with Crippen molar-refractivity contribution < 1.29 is 27.5 Å². The lowest BCUT2D eigenvalue weighted by atomic mass is 10.0. The number of hydrogen-bond acceptors (Lipinski definition) is 16. The van der Waals surface area contributed by atoms with E-state index in [4.69, 9.17) is 19.4 Å². The molecule has 0 bridgehead atoms. The number of nitrogens with zero attached hydrogens (tertiary/aromatic N) is 11. The molecular weight excluding hydrogens is 935 g/mol. The summed E-state index contributed by atoms with van der Waals surface area (Å²) in [4.78, 5) is 58.6. The van der Waals surface area contributed by atoms with Crippen molar-refractivity contribution in [2.75, 3.05) is 88.8 Å². The third kappa shape index (κ3) is 12.1. The van der Waals surface area contributed by atoms with Gasteiger partial charge in [0.2, 0.25) is 5.95 Å². The first kappa shape index (κ1) is 52.4. The van der Waals surface area contributed by atoms with Crippen LogP contribution in [0.4, 0.5) is 22.4 Å². The average molecular weight is 1010 g/mol. The topological polar surface area (TPSA) is 198 Å². The van der Waals surface area contributed by atoms with Gasteiger partial charge in [0.1, 0.15) is 28.4 Å². The highest BCUT2D eigenvalue weighted by Crippen LogP contribution is 2.37. The van der Waals surface area contributed by atoms with Gasteiger partial charge in [-0.3, -0.25) is 24.6 Å². The number of amides is 2. The van der Waals surface area contributed by atoms with Crippen LogP contribution < -0.4 is 15.0 Å². The molecule has 2 N–H and O–H groups in total. The fourth-order valence-corrected chi connectivity index (χ4v) is 10.9. The maximum atomic E-state index is 14.0. The molecule has 20 heteroatoms. The molecule has 0 radical (unpaired) electrons. The van der Waals surface area contributed by atoms with Crippen LogP contribution >= 0.6 is 0 Å². The summed E-state index contributed by atoms with van der Waals surface area (Å²) in [6.07, 6.45) is 5.11. The molecule has 3 fully saturated rings. The number of sulfone groups is 1. The predicted molar refractivity (Wildman–Crippen MR) is 279 cm³/mol. The van der Waals surface area contributed by atoms with Gasteiger partial charge in [-0.1, -0.05) is 30.3 Å². The van der Waals surface area contributed by atoms with E-state index in [-0.39, 0.29) is 40.8 Å². The van der Waals surface area contributed by atoms with Crippen molar-refractivity contribution in [3.05, 3.63) is 83.6 Å². The minimum Gasteiger partial charge on any atom is -0.492 e. The Bertz CT molecular complexity index is 2790. The number of fused-ring (bicyclic) bond motifs is 1. The second-order valence-electron chi connectivity index (χ2n) is 21.5. The Morgan fingerprint density at radius 1 is 0.833 bits per heavy atom. The van der Waals surface area contributed by atoms with Gasteiger partial charge in [-0.15, -0.1) is 0 Å². The van der Waals surface area contributed by atoms with Gasteiger partial charge in [-0.25, -0.2) is 33.1 Å². The first-order chi connectivity index (χ1) is 34.1. The molecule has 2 aromatic carbocycles. The number of anilines is 3. The number of aryl methyl sites for hydroxylation is 1. The van der Waals surface area contributed by atoms with E-state index in [1.807, 2.05) is 50.5 Å². The van der Waals surface area contributed by atoms with Crippen LogP contribution in [-0.4, -0.2) is 182 Å². The summed E-state index contributed by atoms with van der Waals surface area (Å²) in [5.74, 6) is 1.81. The SMILES string of the molecule is Cc1[nH]nc(Nc2ncnc3cc(OCCCN4CCN(C(=O)c5cnc(N6CCN(CC7CN(C(=O)OC(C)(C)C)C(C)CN7Cc7ccccc7)[C@H](C)C6)nc5)CC4)c(S(=O)(=O)C(C)(C)C)cc23)c1C. The van der Waals surface area contributed by atoms with Crippen molar-refractivity contribution in [1.29, 1.82) is 0 Å². The van der Waals surface area contributed by atoms with Gasteiger partial charge in [0, 0.05) is 132 Å². The Kier molecular flexibility index (Phi) is 15.7. The maximum absolute atomic E-state index is 14.0. The fourth-order valence-electron chi connectivity index (χ4n) is 9.55. The Labute approximate surface area is 424 Å². The zero-order valence-corrected chi connectivity index (χ0v) is 44.5. The minimum atomic E-state index is -3.83. The van der Waals surface area contributed by atoms with Crippen LogP contribution in [0, 0.1) is 13.8 Å². The highest BCUT2D eigenvalue weighted by molar-refractivity contribution is 7.92. The largest absolute Gasteiger partial charge is 0.492 e. The highest BCUT2D eigenvalue weighted by atomic mass is 32.2. The molecule has 3 aromatic heterocycles. The van der Waals surface area contributed by atoms with E-state index in [0.29, 0.717) is 79.8 Å². The Balaban J connectivity index is 0.823. The summed E-state index contributed by atoms with van der Waals surface area (Å²) < 4.78 is 38.9. The van der Waals surface area contributed by atoms with E-state index >= 15 is 0 Å². The highest BCUT2D eigenvalue weighted by Gasteiger charge is 2.39. The first-order valence-electron chi connectivity index (χ1n) is 25.2. The van der Waals surface area contributed by atoms with Crippen LogP contribution in [0.2, 0.25) is 0 Å². The predicted octanol–water partition coefficient (Wildman–Crippen LogP) is 6.32. The summed E-state index contributed by atoms with van der Waals surface area (Å²) >= 11 is 0. The number of nitrogens with one attached hydrogen (secondary N) is 2. The second-order valence-corrected chi connectivity index (χ2v) is 24.2. The third-order valence-corrected chi connectivity index (χ3v) is 16.5. The van der Waals surface area contributed by atoms with E-state index in [0.717, 1.165) is 57.1 Å². The van der Waals surface area contributed by atoms with Crippen LogP contribution in [0.3, 0.4) is 0 Å². The van der Waals surface area contributed by atoms with Gasteiger partial charge in [-0.2, -0.15) is 5.10 Å².